The number of carbonyl (C=O) groups excluding carboxylic acids is 1. The number of sulfonamides is 1. The summed E-state index contributed by atoms with van der Waals surface area (Å²) in [5.74, 6) is 1.41. The molecule has 2 aromatic rings. The van der Waals surface area contributed by atoms with Crippen LogP contribution < -0.4 is 14.8 Å². The minimum Gasteiger partial charge on any atom is -0.455 e. The van der Waals surface area contributed by atoms with Crippen LogP contribution in [0.2, 0.25) is 0 Å². The van der Waals surface area contributed by atoms with E-state index in [9.17, 15) is 13.2 Å². The highest BCUT2D eigenvalue weighted by molar-refractivity contribution is 7.92. The van der Waals surface area contributed by atoms with E-state index in [2.05, 4.69) is 14.9 Å². The molecule has 0 spiro atoms. The van der Waals surface area contributed by atoms with Crippen molar-refractivity contribution in [2.24, 2.45) is 5.92 Å². The van der Waals surface area contributed by atoms with Gasteiger partial charge in [-0.1, -0.05) is 12.1 Å². The van der Waals surface area contributed by atoms with Gasteiger partial charge in [0.25, 0.3) is 5.91 Å². The molecule has 29 heavy (non-hydrogen) atoms. The lowest BCUT2D eigenvalue weighted by Gasteiger charge is -2.44. The van der Waals surface area contributed by atoms with E-state index in [1.54, 1.807) is 48.5 Å². The van der Waals surface area contributed by atoms with Gasteiger partial charge in [0, 0.05) is 18.2 Å². The molecular formula is C21H25N3O4S. The van der Waals surface area contributed by atoms with E-state index in [1.165, 1.54) is 0 Å². The molecule has 2 aromatic carbocycles. The molecule has 3 fully saturated rings. The Morgan fingerprint density at radius 1 is 1.07 bits per heavy atom. The van der Waals surface area contributed by atoms with Crippen molar-refractivity contribution in [3.8, 4) is 11.5 Å². The number of carbonyl (C=O) groups is 1. The number of nitrogens with zero attached hydrogens (tertiary/aromatic N) is 1. The van der Waals surface area contributed by atoms with Crippen LogP contribution in [0.5, 0.6) is 11.5 Å². The summed E-state index contributed by atoms with van der Waals surface area (Å²) in [6.45, 7) is 3.21. The lowest BCUT2D eigenvalue weighted by Crippen LogP contribution is -2.57. The predicted octanol–water partition coefficient (Wildman–Crippen LogP) is 2.67. The molecule has 2 bridgehead atoms. The van der Waals surface area contributed by atoms with Gasteiger partial charge in [-0.15, -0.1) is 0 Å². The number of hydrogen-bond acceptors (Lipinski definition) is 5. The maximum absolute atomic E-state index is 12.6. The van der Waals surface area contributed by atoms with Gasteiger partial charge in [-0.05, 0) is 68.2 Å². The standard InChI is InChI=1S/C21H25N3O4S/c1-29(26,27)23-18-4-2-3-5-20(18)28-17-8-6-16(7-9-17)21(25)22-19-14-24-12-10-15(19)11-13-24/h2-9,15,19,23H,10-14H2,1H3,(H,22,25). The molecule has 2 N–H and O–H groups in total. The minimum absolute atomic E-state index is 0.0746. The Labute approximate surface area is 171 Å². The van der Waals surface area contributed by atoms with Crippen molar-refractivity contribution in [3.63, 3.8) is 0 Å². The molecule has 3 aliphatic heterocycles. The van der Waals surface area contributed by atoms with Gasteiger partial charge in [0.1, 0.15) is 5.75 Å². The first kappa shape index (κ1) is 19.7. The molecule has 3 aliphatic rings. The lowest BCUT2D eigenvalue weighted by atomic mass is 9.84. The molecule has 3 saturated heterocycles. The number of piperidine rings is 3. The number of benzene rings is 2. The fraction of sp³-hybridized carbons (Fsp3) is 0.381. The van der Waals surface area contributed by atoms with Crippen molar-refractivity contribution in [3.05, 3.63) is 54.1 Å². The van der Waals surface area contributed by atoms with Crippen LogP contribution in [0.4, 0.5) is 5.69 Å². The quantitative estimate of drug-likeness (QED) is 0.757. The van der Waals surface area contributed by atoms with Crippen LogP contribution in [0.25, 0.3) is 0 Å². The molecule has 8 heteroatoms. The van der Waals surface area contributed by atoms with Crippen LogP contribution in [-0.4, -0.2) is 51.2 Å². The third kappa shape index (κ3) is 4.89. The number of hydrogen-bond donors (Lipinski definition) is 2. The molecule has 5 rings (SSSR count). The Balaban J connectivity index is 1.41. The second-order valence-electron chi connectivity index (χ2n) is 7.71. The summed E-state index contributed by atoms with van der Waals surface area (Å²) in [6.07, 6.45) is 3.39. The summed E-state index contributed by atoms with van der Waals surface area (Å²) in [5, 5.41) is 3.17. The van der Waals surface area contributed by atoms with Crippen molar-refractivity contribution in [1.29, 1.82) is 0 Å². The van der Waals surface area contributed by atoms with Crippen molar-refractivity contribution in [2.45, 2.75) is 18.9 Å². The van der Waals surface area contributed by atoms with E-state index in [0.29, 0.717) is 28.7 Å². The van der Waals surface area contributed by atoms with Gasteiger partial charge in [0.05, 0.1) is 11.9 Å². The summed E-state index contributed by atoms with van der Waals surface area (Å²) in [7, 11) is -3.41. The van der Waals surface area contributed by atoms with E-state index >= 15 is 0 Å². The maximum Gasteiger partial charge on any atom is 0.251 e. The number of anilines is 1. The maximum atomic E-state index is 12.6. The fourth-order valence-electron chi connectivity index (χ4n) is 4.02. The van der Waals surface area contributed by atoms with Gasteiger partial charge in [-0.2, -0.15) is 0 Å². The Hall–Kier alpha value is -2.58. The van der Waals surface area contributed by atoms with Crippen LogP contribution in [0.3, 0.4) is 0 Å². The zero-order valence-corrected chi connectivity index (χ0v) is 17.1. The van der Waals surface area contributed by atoms with Crippen molar-refractivity contribution in [1.82, 2.24) is 10.2 Å². The number of ether oxygens (including phenoxy) is 1. The predicted molar refractivity (Wildman–Crippen MR) is 112 cm³/mol. The Kier molecular flexibility index (Phi) is 5.47. The van der Waals surface area contributed by atoms with E-state index < -0.39 is 10.0 Å². The van der Waals surface area contributed by atoms with Crippen molar-refractivity contribution >= 4 is 21.6 Å². The molecule has 154 valence electrons. The summed E-state index contributed by atoms with van der Waals surface area (Å²) >= 11 is 0. The second-order valence-corrected chi connectivity index (χ2v) is 9.46. The lowest BCUT2D eigenvalue weighted by molar-refractivity contribution is 0.0620. The first-order valence-corrected chi connectivity index (χ1v) is 11.6. The largest absolute Gasteiger partial charge is 0.455 e. The average Bonchev–Trinajstić information content (AvgIpc) is 2.70. The van der Waals surface area contributed by atoms with Gasteiger partial charge >= 0.3 is 0 Å². The van der Waals surface area contributed by atoms with E-state index in [4.69, 9.17) is 4.74 Å². The third-order valence-corrected chi connectivity index (χ3v) is 6.09. The normalized spacial score (nSPS) is 23.4. The summed E-state index contributed by atoms with van der Waals surface area (Å²) in [5.41, 5.74) is 0.940. The van der Waals surface area contributed by atoms with Crippen LogP contribution in [-0.2, 0) is 10.0 Å². The number of rotatable bonds is 6. The molecule has 1 amide bonds. The Morgan fingerprint density at radius 2 is 1.76 bits per heavy atom. The molecule has 3 heterocycles. The topological polar surface area (TPSA) is 87.7 Å². The molecule has 1 unspecified atom stereocenters. The van der Waals surface area contributed by atoms with Gasteiger partial charge in [0.15, 0.2) is 5.75 Å². The SMILES string of the molecule is CS(=O)(=O)Nc1ccccc1Oc1ccc(C(=O)NC2CN3CCC2CC3)cc1. The smallest absolute Gasteiger partial charge is 0.251 e. The van der Waals surface area contributed by atoms with Crippen LogP contribution in [0, 0.1) is 5.92 Å². The molecule has 0 saturated carbocycles. The number of para-hydroxylation sites is 2. The zero-order chi connectivity index (χ0) is 20.4. The van der Waals surface area contributed by atoms with Gasteiger partial charge < -0.3 is 15.0 Å². The highest BCUT2D eigenvalue weighted by Gasteiger charge is 2.34. The average molecular weight is 416 g/mol. The minimum atomic E-state index is -3.41. The first-order valence-electron chi connectivity index (χ1n) is 9.75. The van der Waals surface area contributed by atoms with Crippen LogP contribution in [0.15, 0.2) is 48.5 Å². The van der Waals surface area contributed by atoms with E-state index in [0.717, 1.165) is 38.7 Å². The van der Waals surface area contributed by atoms with E-state index in [1.807, 2.05) is 0 Å². The Bertz CT molecular complexity index is 983. The van der Waals surface area contributed by atoms with Crippen LogP contribution in [0.1, 0.15) is 23.2 Å². The number of nitrogens with one attached hydrogen (secondary N) is 2. The first-order chi connectivity index (χ1) is 13.9. The summed E-state index contributed by atoms with van der Waals surface area (Å²) in [6, 6.07) is 13.9. The molecule has 0 aliphatic carbocycles. The number of fused-ring (bicyclic) bond motifs is 3. The molecule has 0 aromatic heterocycles. The van der Waals surface area contributed by atoms with Gasteiger partial charge in [-0.3, -0.25) is 9.52 Å². The third-order valence-electron chi connectivity index (χ3n) is 5.50. The Morgan fingerprint density at radius 3 is 2.38 bits per heavy atom. The second kappa shape index (κ2) is 8.04. The molecule has 0 radical (unpaired) electrons. The van der Waals surface area contributed by atoms with Crippen molar-refractivity contribution in [2.75, 3.05) is 30.6 Å². The van der Waals surface area contributed by atoms with Gasteiger partial charge in [0.2, 0.25) is 10.0 Å². The van der Waals surface area contributed by atoms with Gasteiger partial charge in [-0.25, -0.2) is 8.42 Å². The highest BCUT2D eigenvalue weighted by atomic mass is 32.2. The number of amides is 1. The zero-order valence-electron chi connectivity index (χ0n) is 16.3. The molecule has 1 atom stereocenters. The summed E-state index contributed by atoms with van der Waals surface area (Å²) < 4.78 is 31.3. The molecular weight excluding hydrogens is 390 g/mol. The monoisotopic (exact) mass is 415 g/mol. The van der Waals surface area contributed by atoms with Crippen LogP contribution >= 0.6 is 0 Å². The van der Waals surface area contributed by atoms with E-state index in [-0.39, 0.29) is 11.9 Å². The summed E-state index contributed by atoms with van der Waals surface area (Å²) in [4.78, 5) is 15.0. The fourth-order valence-corrected chi connectivity index (χ4v) is 4.59. The van der Waals surface area contributed by atoms with Crippen molar-refractivity contribution < 1.29 is 17.9 Å². The highest BCUT2D eigenvalue weighted by Crippen LogP contribution is 2.30. The molecule has 7 nitrogen and oxygen atoms in total.